The molecule has 1 unspecified atom stereocenters. The molecule has 4 rings (SSSR count). The molecule has 0 radical (unpaired) electrons. The van der Waals surface area contributed by atoms with Crippen molar-refractivity contribution in [2.24, 2.45) is 0 Å². The fraction of sp³-hybridized carbons (Fsp3) is 0.222. The number of para-hydroxylation sites is 1. The second-order valence-corrected chi connectivity index (χ2v) is 10.2. The van der Waals surface area contributed by atoms with Crippen LogP contribution in [0, 0.1) is 13.8 Å². The standard InChI is InChI=1S/C27H28N4OS2/c1-4-24(26(32)28-23-16-15-19(2)17-20(23)3)34-27-30-29-25(18-33-22-13-9-6-10-14-22)31(27)21-11-7-5-8-12-21/h5-17,24H,4,18H2,1-3H3,(H,28,32). The summed E-state index contributed by atoms with van der Waals surface area (Å²) in [5.74, 6) is 1.51. The topological polar surface area (TPSA) is 59.8 Å². The van der Waals surface area contributed by atoms with Crippen LogP contribution >= 0.6 is 23.5 Å². The fourth-order valence-corrected chi connectivity index (χ4v) is 5.41. The molecule has 0 saturated carbocycles. The Morgan fingerprint density at radius 2 is 1.68 bits per heavy atom. The molecule has 0 spiro atoms. The minimum absolute atomic E-state index is 0.0257. The van der Waals surface area contributed by atoms with E-state index in [9.17, 15) is 4.79 Å². The number of carbonyl (C=O) groups excluding carboxylic acids is 1. The van der Waals surface area contributed by atoms with Gasteiger partial charge < -0.3 is 5.32 Å². The third-order valence-corrected chi connectivity index (χ3v) is 7.69. The lowest BCUT2D eigenvalue weighted by molar-refractivity contribution is -0.115. The molecule has 1 aromatic heterocycles. The van der Waals surface area contributed by atoms with Crippen LogP contribution in [-0.2, 0) is 10.5 Å². The van der Waals surface area contributed by atoms with Crippen molar-refractivity contribution in [3.8, 4) is 5.69 Å². The van der Waals surface area contributed by atoms with E-state index < -0.39 is 0 Å². The molecule has 3 aromatic carbocycles. The minimum Gasteiger partial charge on any atom is -0.325 e. The highest BCUT2D eigenvalue weighted by Gasteiger charge is 2.24. The number of anilines is 1. The number of hydrogen-bond donors (Lipinski definition) is 1. The van der Waals surface area contributed by atoms with E-state index >= 15 is 0 Å². The molecule has 34 heavy (non-hydrogen) atoms. The van der Waals surface area contributed by atoms with E-state index in [1.54, 1.807) is 11.8 Å². The van der Waals surface area contributed by atoms with Gasteiger partial charge in [-0.05, 0) is 56.2 Å². The number of nitrogens with zero attached hydrogens (tertiary/aromatic N) is 3. The molecule has 174 valence electrons. The van der Waals surface area contributed by atoms with Crippen molar-refractivity contribution in [1.82, 2.24) is 14.8 Å². The van der Waals surface area contributed by atoms with E-state index in [0.29, 0.717) is 12.2 Å². The fourth-order valence-electron chi connectivity index (χ4n) is 3.59. The highest BCUT2D eigenvalue weighted by atomic mass is 32.2. The van der Waals surface area contributed by atoms with Crippen LogP contribution in [0.2, 0.25) is 0 Å². The Hall–Kier alpha value is -3.03. The third-order valence-electron chi connectivity index (χ3n) is 5.38. The molecule has 5 nitrogen and oxygen atoms in total. The smallest absolute Gasteiger partial charge is 0.237 e. The van der Waals surface area contributed by atoms with Gasteiger partial charge in [0.15, 0.2) is 5.16 Å². The maximum absolute atomic E-state index is 13.2. The third kappa shape index (κ3) is 5.90. The van der Waals surface area contributed by atoms with Crippen LogP contribution in [0.15, 0.2) is 88.9 Å². The molecule has 1 N–H and O–H groups in total. The van der Waals surface area contributed by atoms with Crippen molar-refractivity contribution in [2.75, 3.05) is 5.32 Å². The highest BCUT2D eigenvalue weighted by molar-refractivity contribution is 8.00. The van der Waals surface area contributed by atoms with Gasteiger partial charge in [0.1, 0.15) is 5.82 Å². The van der Waals surface area contributed by atoms with Crippen molar-refractivity contribution in [3.05, 3.63) is 95.8 Å². The first-order valence-electron chi connectivity index (χ1n) is 11.3. The second-order valence-electron chi connectivity index (χ2n) is 7.99. The van der Waals surface area contributed by atoms with Crippen LogP contribution in [0.4, 0.5) is 5.69 Å². The number of rotatable bonds is 9. The largest absolute Gasteiger partial charge is 0.325 e. The van der Waals surface area contributed by atoms with E-state index in [4.69, 9.17) is 0 Å². The van der Waals surface area contributed by atoms with E-state index in [1.807, 2.05) is 81.4 Å². The Morgan fingerprint density at radius 3 is 2.35 bits per heavy atom. The van der Waals surface area contributed by atoms with Gasteiger partial charge in [-0.25, -0.2) is 0 Å². The number of thioether (sulfide) groups is 2. The summed E-state index contributed by atoms with van der Waals surface area (Å²) < 4.78 is 2.06. The molecule has 0 saturated heterocycles. The Morgan fingerprint density at radius 1 is 0.971 bits per heavy atom. The molecule has 0 aliphatic heterocycles. The van der Waals surface area contributed by atoms with E-state index in [-0.39, 0.29) is 11.2 Å². The lowest BCUT2D eigenvalue weighted by Crippen LogP contribution is -2.25. The average Bonchev–Trinajstić information content (AvgIpc) is 3.26. The first-order chi connectivity index (χ1) is 16.5. The number of nitrogens with one attached hydrogen (secondary N) is 1. The van der Waals surface area contributed by atoms with Crippen molar-refractivity contribution in [2.45, 2.75) is 48.2 Å². The minimum atomic E-state index is -0.290. The summed E-state index contributed by atoms with van der Waals surface area (Å²) in [5, 5.41) is 12.5. The zero-order valence-corrected chi connectivity index (χ0v) is 21.2. The van der Waals surface area contributed by atoms with Gasteiger partial charge in [0.25, 0.3) is 0 Å². The summed E-state index contributed by atoms with van der Waals surface area (Å²) in [6, 6.07) is 26.4. The molecule has 0 aliphatic carbocycles. The molecule has 4 aromatic rings. The maximum Gasteiger partial charge on any atom is 0.237 e. The zero-order chi connectivity index (χ0) is 23.9. The van der Waals surface area contributed by atoms with Gasteiger partial charge in [0.2, 0.25) is 5.91 Å². The van der Waals surface area contributed by atoms with Gasteiger partial charge in [0, 0.05) is 16.3 Å². The van der Waals surface area contributed by atoms with Crippen LogP contribution in [0.5, 0.6) is 0 Å². The van der Waals surface area contributed by atoms with Crippen molar-refractivity contribution in [1.29, 1.82) is 0 Å². The molecule has 0 bridgehead atoms. The monoisotopic (exact) mass is 488 g/mol. The van der Waals surface area contributed by atoms with E-state index in [2.05, 4.69) is 38.3 Å². The normalized spacial score (nSPS) is 11.9. The Kier molecular flexibility index (Phi) is 8.08. The summed E-state index contributed by atoms with van der Waals surface area (Å²) in [5.41, 5.74) is 4.07. The SMILES string of the molecule is CCC(Sc1nnc(CSc2ccccc2)n1-c1ccccc1)C(=O)Nc1ccc(C)cc1C. The highest BCUT2D eigenvalue weighted by Crippen LogP contribution is 2.31. The van der Waals surface area contributed by atoms with Crippen LogP contribution < -0.4 is 5.32 Å². The second kappa shape index (κ2) is 11.4. The Bertz CT molecular complexity index is 1240. The van der Waals surface area contributed by atoms with Crippen molar-refractivity contribution in [3.63, 3.8) is 0 Å². The Labute approximate surface area is 209 Å². The number of carbonyl (C=O) groups is 1. The molecule has 1 heterocycles. The summed E-state index contributed by atoms with van der Waals surface area (Å²) in [6.07, 6.45) is 0.678. The quantitative estimate of drug-likeness (QED) is 0.266. The summed E-state index contributed by atoms with van der Waals surface area (Å²) in [4.78, 5) is 14.3. The zero-order valence-electron chi connectivity index (χ0n) is 19.6. The molecule has 1 amide bonds. The Balaban J connectivity index is 1.57. The lowest BCUT2D eigenvalue weighted by Gasteiger charge is -2.17. The molecular formula is C27H28N4OS2. The number of aryl methyl sites for hydroxylation is 2. The van der Waals surface area contributed by atoms with Crippen LogP contribution in [0.1, 0.15) is 30.3 Å². The predicted octanol–water partition coefficient (Wildman–Crippen LogP) is 6.69. The first-order valence-corrected chi connectivity index (χ1v) is 13.1. The number of aromatic nitrogens is 3. The van der Waals surface area contributed by atoms with Crippen LogP contribution in [0.3, 0.4) is 0 Å². The van der Waals surface area contributed by atoms with Crippen molar-refractivity contribution >= 4 is 35.1 Å². The molecular weight excluding hydrogens is 460 g/mol. The predicted molar refractivity (Wildman–Crippen MR) is 142 cm³/mol. The van der Waals surface area contributed by atoms with Crippen LogP contribution in [-0.4, -0.2) is 25.9 Å². The van der Waals surface area contributed by atoms with E-state index in [1.165, 1.54) is 22.2 Å². The molecule has 0 aliphatic rings. The number of benzene rings is 3. The van der Waals surface area contributed by atoms with Gasteiger partial charge in [-0.1, -0.05) is 72.8 Å². The maximum atomic E-state index is 13.2. The molecule has 0 fully saturated rings. The summed E-state index contributed by atoms with van der Waals surface area (Å²) in [6.45, 7) is 6.08. The number of hydrogen-bond acceptors (Lipinski definition) is 5. The number of amides is 1. The summed E-state index contributed by atoms with van der Waals surface area (Å²) in [7, 11) is 0. The first kappa shape index (κ1) is 24.1. The van der Waals surface area contributed by atoms with Crippen molar-refractivity contribution < 1.29 is 4.79 Å². The van der Waals surface area contributed by atoms with Gasteiger partial charge in [-0.15, -0.1) is 22.0 Å². The van der Waals surface area contributed by atoms with Gasteiger partial charge in [-0.2, -0.15) is 0 Å². The van der Waals surface area contributed by atoms with Gasteiger partial charge in [0.05, 0.1) is 11.0 Å². The van der Waals surface area contributed by atoms with E-state index in [0.717, 1.165) is 27.9 Å². The van der Waals surface area contributed by atoms with Gasteiger partial charge >= 0.3 is 0 Å². The molecule has 7 heteroatoms. The van der Waals surface area contributed by atoms with Gasteiger partial charge in [-0.3, -0.25) is 9.36 Å². The molecule has 1 atom stereocenters. The van der Waals surface area contributed by atoms with Crippen LogP contribution in [0.25, 0.3) is 5.69 Å². The summed E-state index contributed by atoms with van der Waals surface area (Å²) >= 11 is 3.18. The lowest BCUT2D eigenvalue weighted by atomic mass is 10.1. The average molecular weight is 489 g/mol.